The fraction of sp³-hybridized carbons (Fsp3) is 0.125. The van der Waals surface area contributed by atoms with Crippen molar-refractivity contribution in [3.8, 4) is 11.5 Å². The van der Waals surface area contributed by atoms with Crippen molar-refractivity contribution in [2.45, 2.75) is 13.0 Å². The fourth-order valence-corrected chi connectivity index (χ4v) is 2.66. The molecule has 3 rings (SSSR count). The van der Waals surface area contributed by atoms with Gasteiger partial charge in [0.25, 0.3) is 0 Å². The van der Waals surface area contributed by atoms with Gasteiger partial charge in [-0.1, -0.05) is 24.3 Å². The molecule has 0 atom stereocenters. The Balaban J connectivity index is 1.42. The van der Waals surface area contributed by atoms with Gasteiger partial charge in [0.15, 0.2) is 0 Å². The topological polar surface area (TPSA) is 89.0 Å². The van der Waals surface area contributed by atoms with Crippen LogP contribution in [0.5, 0.6) is 11.5 Å². The Morgan fingerprint density at radius 2 is 1.62 bits per heavy atom. The zero-order valence-electron chi connectivity index (χ0n) is 17.4. The van der Waals surface area contributed by atoms with Crippen LogP contribution in [0.15, 0.2) is 77.9 Å². The molecule has 0 spiro atoms. The summed E-state index contributed by atoms with van der Waals surface area (Å²) in [6.07, 6.45) is 0.962. The lowest BCUT2D eigenvalue weighted by molar-refractivity contribution is -0.126. The van der Waals surface area contributed by atoms with Gasteiger partial charge < -0.3 is 14.8 Å². The minimum absolute atomic E-state index is 0.0168. The fourth-order valence-electron chi connectivity index (χ4n) is 2.66. The Hall–Kier alpha value is -4.20. The summed E-state index contributed by atoms with van der Waals surface area (Å²) in [6.45, 7) is 0.419. The molecule has 0 aliphatic heterocycles. The van der Waals surface area contributed by atoms with Crippen molar-refractivity contribution in [3.05, 3.63) is 89.7 Å². The van der Waals surface area contributed by atoms with Gasteiger partial charge in [0.1, 0.15) is 30.3 Å². The molecule has 0 aliphatic rings. The van der Waals surface area contributed by atoms with Gasteiger partial charge in [-0.2, -0.15) is 5.10 Å². The maximum atomic E-state index is 13.5. The molecule has 0 bridgehead atoms. The molecule has 0 saturated carbocycles. The first kappa shape index (κ1) is 22.5. The Morgan fingerprint density at radius 1 is 0.938 bits per heavy atom. The predicted molar refractivity (Wildman–Crippen MR) is 119 cm³/mol. The number of carbonyl (C=O) groups is 2. The number of nitrogens with one attached hydrogen (secondary N) is 2. The summed E-state index contributed by atoms with van der Waals surface area (Å²) in [4.78, 5) is 23.7. The van der Waals surface area contributed by atoms with E-state index in [0.717, 1.165) is 16.9 Å². The van der Waals surface area contributed by atoms with Gasteiger partial charge in [-0.3, -0.25) is 9.59 Å². The van der Waals surface area contributed by atoms with Crippen LogP contribution >= 0.6 is 0 Å². The van der Waals surface area contributed by atoms with Gasteiger partial charge in [0, 0.05) is 0 Å². The molecule has 0 fully saturated rings. The molecule has 32 heavy (non-hydrogen) atoms. The quantitative estimate of drug-likeness (QED) is 0.303. The minimum Gasteiger partial charge on any atom is -0.497 e. The first-order valence-corrected chi connectivity index (χ1v) is 9.75. The van der Waals surface area contributed by atoms with E-state index in [0.29, 0.717) is 12.4 Å². The Morgan fingerprint density at radius 3 is 2.31 bits per heavy atom. The van der Waals surface area contributed by atoms with Gasteiger partial charge in [-0.15, -0.1) is 0 Å². The zero-order valence-corrected chi connectivity index (χ0v) is 17.4. The molecule has 0 unspecified atom stereocenters. The van der Waals surface area contributed by atoms with Crippen molar-refractivity contribution in [3.63, 3.8) is 0 Å². The van der Waals surface area contributed by atoms with E-state index >= 15 is 0 Å². The first-order valence-electron chi connectivity index (χ1n) is 9.75. The van der Waals surface area contributed by atoms with Crippen LogP contribution in [-0.2, 0) is 16.2 Å². The normalized spacial score (nSPS) is 10.6. The zero-order chi connectivity index (χ0) is 22.8. The van der Waals surface area contributed by atoms with Crippen molar-refractivity contribution in [1.29, 1.82) is 0 Å². The Labute approximate surface area is 184 Å². The molecule has 2 N–H and O–H groups in total. The molecule has 0 aromatic heterocycles. The number of amides is 2. The molecule has 164 valence electrons. The van der Waals surface area contributed by atoms with Crippen LogP contribution < -0.4 is 20.2 Å². The summed E-state index contributed by atoms with van der Waals surface area (Å²) in [5, 5.41) is 6.17. The maximum Gasteiger partial charge on any atom is 0.249 e. The largest absolute Gasteiger partial charge is 0.497 e. The van der Waals surface area contributed by atoms with E-state index in [1.165, 1.54) is 24.4 Å². The highest BCUT2D eigenvalue weighted by atomic mass is 19.1. The summed E-state index contributed by atoms with van der Waals surface area (Å²) in [6, 6.07) is 20.5. The molecule has 7 nitrogen and oxygen atoms in total. The summed E-state index contributed by atoms with van der Waals surface area (Å²) in [5.74, 6) is -0.353. The lowest BCUT2D eigenvalue weighted by Crippen LogP contribution is -2.24. The van der Waals surface area contributed by atoms with Crippen molar-refractivity contribution >= 4 is 23.7 Å². The van der Waals surface area contributed by atoms with E-state index in [1.807, 2.05) is 24.3 Å². The number of para-hydroxylation sites is 1. The van der Waals surface area contributed by atoms with Crippen LogP contribution in [0.2, 0.25) is 0 Å². The summed E-state index contributed by atoms with van der Waals surface area (Å²) in [5.41, 5.74) is 4.03. The van der Waals surface area contributed by atoms with Crippen LogP contribution in [0.1, 0.15) is 17.5 Å². The number of hydrogen-bond acceptors (Lipinski definition) is 5. The molecule has 3 aromatic carbocycles. The highest BCUT2D eigenvalue weighted by Crippen LogP contribution is 2.16. The predicted octanol–water partition coefficient (Wildman–Crippen LogP) is 3.89. The molecule has 0 saturated heterocycles. The van der Waals surface area contributed by atoms with Crippen molar-refractivity contribution in [1.82, 2.24) is 5.43 Å². The van der Waals surface area contributed by atoms with Gasteiger partial charge in [0.05, 0.1) is 19.0 Å². The third-order valence-corrected chi connectivity index (χ3v) is 4.32. The number of anilines is 1. The van der Waals surface area contributed by atoms with Gasteiger partial charge in [-0.05, 0) is 59.7 Å². The highest BCUT2D eigenvalue weighted by Gasteiger charge is 2.10. The summed E-state index contributed by atoms with van der Waals surface area (Å²) < 4.78 is 24.4. The van der Waals surface area contributed by atoms with E-state index in [1.54, 1.807) is 37.4 Å². The van der Waals surface area contributed by atoms with E-state index in [2.05, 4.69) is 15.8 Å². The van der Waals surface area contributed by atoms with E-state index in [-0.39, 0.29) is 5.69 Å². The van der Waals surface area contributed by atoms with Gasteiger partial charge in [0.2, 0.25) is 11.8 Å². The SMILES string of the molecule is COc1ccc(COc2ccc(C=NNC(=O)CC(=O)Nc3ccccc3F)cc2)cc1. The van der Waals surface area contributed by atoms with E-state index < -0.39 is 24.1 Å². The van der Waals surface area contributed by atoms with Gasteiger partial charge >= 0.3 is 0 Å². The highest BCUT2D eigenvalue weighted by molar-refractivity contribution is 6.03. The number of rotatable bonds is 9. The monoisotopic (exact) mass is 435 g/mol. The molecule has 8 heteroatoms. The third kappa shape index (κ3) is 6.94. The van der Waals surface area contributed by atoms with Crippen molar-refractivity contribution in [2.24, 2.45) is 5.10 Å². The number of hydrogen-bond donors (Lipinski definition) is 2. The second-order valence-electron chi connectivity index (χ2n) is 6.70. The number of carbonyl (C=O) groups excluding carboxylic acids is 2. The molecule has 0 radical (unpaired) electrons. The Bertz CT molecular complexity index is 1080. The minimum atomic E-state index is -0.638. The standard InChI is InChI=1S/C24H22FN3O4/c1-31-19-10-8-18(9-11-19)16-32-20-12-6-17(7-13-20)15-26-28-24(30)14-23(29)27-22-5-3-2-4-21(22)25/h2-13,15H,14,16H2,1H3,(H,27,29)(H,28,30). The lowest BCUT2D eigenvalue weighted by Gasteiger charge is -2.07. The number of nitrogens with zero attached hydrogens (tertiary/aromatic N) is 1. The number of benzene rings is 3. The average molecular weight is 435 g/mol. The van der Waals surface area contributed by atoms with Crippen molar-refractivity contribution < 1.29 is 23.5 Å². The third-order valence-electron chi connectivity index (χ3n) is 4.32. The van der Waals surface area contributed by atoms with E-state index in [4.69, 9.17) is 9.47 Å². The Kier molecular flexibility index (Phi) is 7.91. The second kappa shape index (κ2) is 11.3. The molecule has 3 aromatic rings. The van der Waals surface area contributed by atoms with Crippen LogP contribution in [0.4, 0.5) is 10.1 Å². The molecular formula is C24H22FN3O4. The molecule has 0 aliphatic carbocycles. The van der Waals surface area contributed by atoms with Crippen molar-refractivity contribution in [2.75, 3.05) is 12.4 Å². The van der Waals surface area contributed by atoms with E-state index in [9.17, 15) is 14.0 Å². The number of halogens is 1. The summed E-state index contributed by atoms with van der Waals surface area (Å²) >= 11 is 0. The van der Waals surface area contributed by atoms with Crippen LogP contribution in [0.3, 0.4) is 0 Å². The second-order valence-corrected chi connectivity index (χ2v) is 6.70. The van der Waals surface area contributed by atoms with Gasteiger partial charge in [-0.25, -0.2) is 9.82 Å². The van der Waals surface area contributed by atoms with Crippen LogP contribution in [-0.4, -0.2) is 25.1 Å². The van der Waals surface area contributed by atoms with Crippen LogP contribution in [0, 0.1) is 5.82 Å². The average Bonchev–Trinajstić information content (AvgIpc) is 2.80. The lowest BCUT2D eigenvalue weighted by atomic mass is 10.2. The van der Waals surface area contributed by atoms with Crippen LogP contribution in [0.25, 0.3) is 0 Å². The molecule has 2 amide bonds. The first-order chi connectivity index (χ1) is 15.5. The number of hydrazone groups is 1. The number of methoxy groups -OCH3 is 1. The number of ether oxygens (including phenoxy) is 2. The summed E-state index contributed by atoms with van der Waals surface area (Å²) in [7, 11) is 1.62. The maximum absolute atomic E-state index is 13.5. The molecular weight excluding hydrogens is 413 g/mol. The smallest absolute Gasteiger partial charge is 0.249 e. The molecule has 0 heterocycles.